The molecule has 0 saturated heterocycles. The molecule has 0 aromatic carbocycles. The van der Waals surface area contributed by atoms with Crippen LogP contribution in [0.1, 0.15) is 40.5 Å². The van der Waals surface area contributed by atoms with Gasteiger partial charge < -0.3 is 10.0 Å². The van der Waals surface area contributed by atoms with Crippen LogP contribution in [-0.4, -0.2) is 41.3 Å². The number of hydrogen-bond donors (Lipinski definition) is 2. The smallest absolute Gasteiger partial charge is 0.306 e. The molecule has 130 valence electrons. The van der Waals surface area contributed by atoms with Gasteiger partial charge in [0, 0.05) is 23.9 Å². The maximum Gasteiger partial charge on any atom is 0.306 e. The number of carbonyl (C=O) groups excluding carboxylic acids is 2. The third-order valence-corrected chi connectivity index (χ3v) is 4.09. The molecule has 0 aliphatic carbocycles. The molecule has 1 amide bonds. The zero-order valence-corrected chi connectivity index (χ0v) is 15.4. The summed E-state index contributed by atoms with van der Waals surface area (Å²) in [4.78, 5) is 36.2. The van der Waals surface area contributed by atoms with E-state index in [0.717, 1.165) is 0 Å². The number of carboxylic acids is 1. The Morgan fingerprint density at radius 3 is 2.35 bits per heavy atom. The van der Waals surface area contributed by atoms with E-state index in [4.69, 9.17) is 5.11 Å². The zero-order valence-electron chi connectivity index (χ0n) is 14.5. The molecule has 1 atom stereocenters. The van der Waals surface area contributed by atoms with Gasteiger partial charge in [-0.3, -0.25) is 14.4 Å². The van der Waals surface area contributed by atoms with E-state index in [9.17, 15) is 14.4 Å². The van der Waals surface area contributed by atoms with Crippen molar-refractivity contribution in [2.45, 2.75) is 40.5 Å². The number of ketones is 1. The molecule has 6 heteroatoms. The quantitative estimate of drug-likeness (QED) is 0.384. The first-order valence-electron chi connectivity index (χ1n) is 7.54. The van der Waals surface area contributed by atoms with Crippen molar-refractivity contribution in [3.05, 3.63) is 23.1 Å². The molecule has 0 rings (SSSR count). The Bertz CT molecular complexity index is 509. The van der Waals surface area contributed by atoms with Crippen LogP contribution in [0.5, 0.6) is 0 Å². The van der Waals surface area contributed by atoms with Crippen molar-refractivity contribution in [2.75, 3.05) is 13.6 Å². The molecule has 0 aliphatic heterocycles. The highest BCUT2D eigenvalue weighted by molar-refractivity contribution is 7.85. The van der Waals surface area contributed by atoms with E-state index in [1.807, 2.05) is 19.9 Å². The largest absolute Gasteiger partial charge is 0.481 e. The number of allylic oxidation sites excluding steroid dienone is 4. The second kappa shape index (κ2) is 9.55. The molecule has 0 bridgehead atoms. The van der Waals surface area contributed by atoms with Crippen LogP contribution in [-0.2, 0) is 14.4 Å². The molecule has 1 unspecified atom stereocenters. The molecule has 5 nitrogen and oxygen atoms in total. The number of rotatable bonds is 9. The van der Waals surface area contributed by atoms with E-state index in [1.54, 1.807) is 31.0 Å². The van der Waals surface area contributed by atoms with Crippen LogP contribution in [0.2, 0.25) is 0 Å². The third-order valence-electron chi connectivity index (χ3n) is 3.62. The maximum atomic E-state index is 12.4. The zero-order chi connectivity index (χ0) is 18.2. The Hall–Kier alpha value is -1.56. The third kappa shape index (κ3) is 8.02. The van der Waals surface area contributed by atoms with Gasteiger partial charge in [-0.2, -0.15) is 0 Å². The van der Waals surface area contributed by atoms with E-state index in [0.29, 0.717) is 24.3 Å². The predicted octanol–water partition coefficient (Wildman–Crippen LogP) is 2.93. The van der Waals surface area contributed by atoms with Gasteiger partial charge in [0.1, 0.15) is 0 Å². The van der Waals surface area contributed by atoms with E-state index in [2.05, 4.69) is 12.6 Å². The predicted molar refractivity (Wildman–Crippen MR) is 94.3 cm³/mol. The van der Waals surface area contributed by atoms with Crippen LogP contribution < -0.4 is 0 Å². The van der Waals surface area contributed by atoms with Gasteiger partial charge in [-0.05, 0) is 25.8 Å². The monoisotopic (exact) mass is 341 g/mol. The summed E-state index contributed by atoms with van der Waals surface area (Å²) in [6, 6.07) is 0. The summed E-state index contributed by atoms with van der Waals surface area (Å²) in [5.41, 5.74) is -0.599. The lowest BCUT2D eigenvalue weighted by molar-refractivity contribution is -0.143. The molecule has 0 fully saturated rings. The molecule has 0 aromatic heterocycles. The van der Waals surface area contributed by atoms with Crippen LogP contribution >= 0.6 is 12.6 Å². The van der Waals surface area contributed by atoms with Gasteiger partial charge in [0.2, 0.25) is 5.91 Å². The Kier molecular flexibility index (Phi) is 8.90. The second-order valence-corrected chi connectivity index (χ2v) is 6.86. The minimum absolute atomic E-state index is 0.0404. The molecular formula is C17H27NO4S. The van der Waals surface area contributed by atoms with Gasteiger partial charge in [-0.1, -0.05) is 32.9 Å². The molecule has 0 radical (unpaired) electrons. The lowest BCUT2D eigenvalue weighted by Gasteiger charge is -2.29. The van der Waals surface area contributed by atoms with Crippen molar-refractivity contribution in [2.24, 2.45) is 11.3 Å². The van der Waals surface area contributed by atoms with Crippen molar-refractivity contribution >= 4 is 30.3 Å². The highest BCUT2D eigenvalue weighted by Crippen LogP contribution is 2.24. The summed E-state index contributed by atoms with van der Waals surface area (Å²) >= 11 is 4.04. The fourth-order valence-corrected chi connectivity index (χ4v) is 1.94. The summed E-state index contributed by atoms with van der Waals surface area (Å²) in [6.45, 7) is 7.16. The van der Waals surface area contributed by atoms with Crippen LogP contribution in [0.15, 0.2) is 23.1 Å². The first kappa shape index (κ1) is 21.4. The molecule has 0 saturated carbocycles. The van der Waals surface area contributed by atoms with E-state index in [-0.39, 0.29) is 11.7 Å². The summed E-state index contributed by atoms with van der Waals surface area (Å²) in [7, 11) is 1.68. The Morgan fingerprint density at radius 1 is 1.30 bits per heavy atom. The van der Waals surface area contributed by atoms with Gasteiger partial charge in [0.25, 0.3) is 0 Å². The fraction of sp³-hybridized carbons (Fsp3) is 0.588. The van der Waals surface area contributed by atoms with Crippen molar-refractivity contribution in [3.8, 4) is 0 Å². The number of Topliss-reactive ketones (excluding diaryl/α,β-unsaturated/α-hetero) is 1. The first-order chi connectivity index (χ1) is 10.5. The lowest BCUT2D eigenvalue weighted by atomic mass is 9.87. The van der Waals surface area contributed by atoms with Gasteiger partial charge in [0.15, 0.2) is 5.78 Å². The Balaban J connectivity index is 4.59. The number of amides is 1. The van der Waals surface area contributed by atoms with Gasteiger partial charge in [-0.15, -0.1) is 12.6 Å². The Morgan fingerprint density at radius 2 is 1.87 bits per heavy atom. The lowest BCUT2D eigenvalue weighted by Crippen LogP contribution is -2.39. The summed E-state index contributed by atoms with van der Waals surface area (Å²) in [5, 5.41) is 8.87. The van der Waals surface area contributed by atoms with Crippen LogP contribution in [0.25, 0.3) is 0 Å². The van der Waals surface area contributed by atoms with E-state index < -0.39 is 17.3 Å². The molecule has 0 aliphatic rings. The van der Waals surface area contributed by atoms with Crippen LogP contribution in [0.3, 0.4) is 0 Å². The normalized spacial score (nSPS) is 13.9. The van der Waals surface area contributed by atoms with Crippen molar-refractivity contribution < 1.29 is 19.5 Å². The molecule has 0 heterocycles. The topological polar surface area (TPSA) is 74.7 Å². The van der Waals surface area contributed by atoms with Gasteiger partial charge in [0.05, 0.1) is 5.92 Å². The maximum absolute atomic E-state index is 12.4. The van der Waals surface area contributed by atoms with E-state index >= 15 is 0 Å². The fourth-order valence-electron chi connectivity index (χ4n) is 1.86. The van der Waals surface area contributed by atoms with Crippen molar-refractivity contribution in [1.82, 2.24) is 4.90 Å². The van der Waals surface area contributed by atoms with E-state index in [1.165, 1.54) is 6.92 Å². The van der Waals surface area contributed by atoms with Crippen molar-refractivity contribution in [3.63, 3.8) is 0 Å². The number of carbonyl (C=O) groups is 3. The van der Waals surface area contributed by atoms with Gasteiger partial charge >= 0.3 is 5.97 Å². The molecular weight excluding hydrogens is 314 g/mol. The van der Waals surface area contributed by atoms with Crippen LogP contribution in [0.4, 0.5) is 0 Å². The number of nitrogens with zero attached hydrogens (tertiary/aromatic N) is 1. The Labute approximate surface area is 143 Å². The summed E-state index contributed by atoms with van der Waals surface area (Å²) in [5.74, 6) is -1.48. The standard InChI is InChI=1S/C17H27NO4S/c1-12(15(20)21)9-11-18(5)16(22)17(3,4)10-7-6-8-14(23)13(2)19/h6-8,12,23H,9-11H2,1-5H3,(H,20,21)/b7-6+,14-8-. The molecule has 1 N–H and O–H groups in total. The average Bonchev–Trinajstić information content (AvgIpc) is 2.47. The molecule has 0 spiro atoms. The minimum Gasteiger partial charge on any atom is -0.481 e. The highest BCUT2D eigenvalue weighted by atomic mass is 32.1. The molecule has 23 heavy (non-hydrogen) atoms. The van der Waals surface area contributed by atoms with Crippen LogP contribution in [0, 0.1) is 11.3 Å². The number of carboxylic acid groups (broad SMARTS) is 1. The SMILES string of the molecule is CC(=O)/C(S)=C/C=C/CC(C)(C)C(=O)N(C)CCC(C)C(=O)O. The minimum atomic E-state index is -0.854. The number of hydrogen-bond acceptors (Lipinski definition) is 4. The number of thiol groups is 1. The first-order valence-corrected chi connectivity index (χ1v) is 7.99. The average molecular weight is 341 g/mol. The molecule has 0 aromatic rings. The summed E-state index contributed by atoms with van der Waals surface area (Å²) in [6.07, 6.45) is 6.08. The summed E-state index contributed by atoms with van der Waals surface area (Å²) < 4.78 is 0. The van der Waals surface area contributed by atoms with Crippen molar-refractivity contribution in [1.29, 1.82) is 0 Å². The number of aliphatic carboxylic acids is 1. The highest BCUT2D eigenvalue weighted by Gasteiger charge is 2.29. The second-order valence-electron chi connectivity index (χ2n) is 6.38. The van der Waals surface area contributed by atoms with Gasteiger partial charge in [-0.25, -0.2) is 0 Å².